The Morgan fingerprint density at radius 2 is 1.54 bits per heavy atom. The number of rotatable bonds is 12. The van der Waals surface area contributed by atoms with Crippen molar-refractivity contribution < 1.29 is 24.6 Å². The highest BCUT2D eigenvalue weighted by atomic mass is 79.9. The van der Waals surface area contributed by atoms with Crippen LogP contribution in [0.25, 0.3) is 0 Å². The van der Waals surface area contributed by atoms with E-state index >= 15 is 0 Å². The summed E-state index contributed by atoms with van der Waals surface area (Å²) in [6, 6.07) is 0. The molecule has 0 aliphatic heterocycles. The van der Waals surface area contributed by atoms with Crippen molar-refractivity contribution in [1.82, 2.24) is 0 Å². The minimum atomic E-state index is -0.975. The van der Waals surface area contributed by atoms with Crippen LogP contribution in [0.2, 0.25) is 0 Å². The first kappa shape index (κ1) is 25.1. The highest BCUT2D eigenvalue weighted by Crippen LogP contribution is 2.13. The molecule has 2 unspecified atom stereocenters. The minimum absolute atomic E-state index is 0.348. The molecule has 0 aromatic rings. The minimum Gasteiger partial charge on any atom is -0.480 e. The van der Waals surface area contributed by atoms with E-state index in [1.807, 2.05) is 0 Å². The van der Waals surface area contributed by atoms with Gasteiger partial charge in [-0.15, -0.1) is 0 Å². The zero-order valence-corrected chi connectivity index (χ0v) is 16.8. The number of carbonyl (C=O) groups is 2. The second kappa shape index (κ2) is 16.7. The summed E-state index contributed by atoms with van der Waals surface area (Å²) in [5.41, 5.74) is 0.713. The van der Waals surface area contributed by atoms with E-state index in [9.17, 15) is 9.59 Å². The number of carboxylic acids is 2. The normalized spacial score (nSPS) is 12.4. The Bertz CT molecular complexity index is 370. The van der Waals surface area contributed by atoms with Gasteiger partial charge in [0.25, 0.3) is 0 Å². The average Bonchev–Trinajstić information content (AvgIpc) is 2.51. The number of halogens is 1. The Hall–Kier alpha value is -1.11. The third-order valence-electron chi connectivity index (χ3n) is 3.09. The van der Waals surface area contributed by atoms with Crippen molar-refractivity contribution in [3.8, 4) is 0 Å². The van der Waals surface area contributed by atoms with Crippen molar-refractivity contribution in [2.24, 2.45) is 5.16 Å². The summed E-state index contributed by atoms with van der Waals surface area (Å²) < 4.78 is 0. The SMILES string of the molecule is CCC(ON=C(C)C)C(=O)O.CCCCCCCCC(Br)C(=O)O. The van der Waals surface area contributed by atoms with Crippen LogP contribution in [-0.2, 0) is 14.4 Å². The summed E-state index contributed by atoms with van der Waals surface area (Å²) in [4.78, 5) is 25.1. The van der Waals surface area contributed by atoms with E-state index in [0.717, 1.165) is 19.3 Å². The molecule has 0 heterocycles. The van der Waals surface area contributed by atoms with Crippen molar-refractivity contribution >= 4 is 33.6 Å². The Labute approximate surface area is 153 Å². The fourth-order valence-electron chi connectivity index (χ4n) is 1.69. The van der Waals surface area contributed by atoms with Gasteiger partial charge in [-0.2, -0.15) is 0 Å². The number of nitrogens with zero attached hydrogens (tertiary/aromatic N) is 1. The number of oxime groups is 1. The summed E-state index contributed by atoms with van der Waals surface area (Å²) in [6.07, 6.45) is 7.63. The third-order valence-corrected chi connectivity index (χ3v) is 3.94. The molecule has 0 saturated heterocycles. The van der Waals surface area contributed by atoms with Gasteiger partial charge >= 0.3 is 11.9 Å². The number of unbranched alkanes of at least 4 members (excludes halogenated alkanes) is 5. The Morgan fingerprint density at radius 1 is 1.00 bits per heavy atom. The lowest BCUT2D eigenvalue weighted by molar-refractivity contribution is -0.150. The molecule has 0 bridgehead atoms. The predicted octanol–water partition coefficient (Wildman–Crippen LogP) is 4.85. The van der Waals surface area contributed by atoms with E-state index in [2.05, 4.69) is 28.0 Å². The highest BCUT2D eigenvalue weighted by molar-refractivity contribution is 9.10. The molecule has 0 aliphatic carbocycles. The van der Waals surface area contributed by atoms with E-state index < -0.39 is 18.0 Å². The number of carboxylic acid groups (broad SMARTS) is 2. The summed E-state index contributed by atoms with van der Waals surface area (Å²) in [6.45, 7) is 7.42. The molecule has 0 radical (unpaired) electrons. The standard InChI is InChI=1S/C10H19BrO2.C7H13NO3/c1-2-3-4-5-6-7-8-9(11)10(12)13;1-4-6(7(9)10)11-8-5(2)3/h9H,2-8H2,1H3,(H,12,13);6H,4H2,1-3H3,(H,9,10). The molecule has 7 heteroatoms. The molecule has 24 heavy (non-hydrogen) atoms. The van der Waals surface area contributed by atoms with Crippen molar-refractivity contribution in [2.75, 3.05) is 0 Å². The fourth-order valence-corrected chi connectivity index (χ4v) is 2.01. The maximum absolute atomic E-state index is 10.4. The van der Waals surface area contributed by atoms with Crippen molar-refractivity contribution in [3.05, 3.63) is 0 Å². The van der Waals surface area contributed by atoms with Gasteiger partial charge < -0.3 is 15.1 Å². The van der Waals surface area contributed by atoms with E-state index in [1.54, 1.807) is 20.8 Å². The van der Waals surface area contributed by atoms with E-state index in [4.69, 9.17) is 15.1 Å². The largest absolute Gasteiger partial charge is 0.480 e. The van der Waals surface area contributed by atoms with Gasteiger partial charge in [0.15, 0.2) is 0 Å². The Morgan fingerprint density at radius 3 is 1.96 bits per heavy atom. The van der Waals surface area contributed by atoms with Crippen LogP contribution in [-0.4, -0.2) is 38.8 Å². The first-order chi connectivity index (χ1) is 11.3. The number of aliphatic carboxylic acids is 2. The van der Waals surface area contributed by atoms with Gasteiger partial charge in [-0.1, -0.05) is 73.5 Å². The third kappa shape index (κ3) is 17.2. The van der Waals surface area contributed by atoms with Crippen LogP contribution in [0.4, 0.5) is 0 Å². The average molecular weight is 410 g/mol. The first-order valence-corrected chi connectivity index (χ1v) is 9.44. The molecular formula is C17H32BrNO5. The molecule has 6 nitrogen and oxygen atoms in total. The van der Waals surface area contributed by atoms with Crippen LogP contribution in [0.3, 0.4) is 0 Å². The molecule has 0 aromatic carbocycles. The molecule has 0 aromatic heterocycles. The molecule has 0 rings (SSSR count). The van der Waals surface area contributed by atoms with Crippen LogP contribution < -0.4 is 0 Å². The lowest BCUT2D eigenvalue weighted by atomic mass is 10.1. The van der Waals surface area contributed by atoms with Crippen molar-refractivity contribution in [1.29, 1.82) is 0 Å². The Kier molecular flexibility index (Phi) is 17.5. The molecule has 2 N–H and O–H groups in total. The molecule has 142 valence electrons. The lowest BCUT2D eigenvalue weighted by Gasteiger charge is -2.06. The molecular weight excluding hydrogens is 378 g/mol. The summed E-state index contributed by atoms with van der Waals surface area (Å²) >= 11 is 3.13. The molecule has 0 saturated carbocycles. The number of hydrogen-bond acceptors (Lipinski definition) is 4. The topological polar surface area (TPSA) is 96.2 Å². The molecule has 0 aliphatic rings. The summed E-state index contributed by atoms with van der Waals surface area (Å²) in [5.74, 6) is -1.72. The smallest absolute Gasteiger partial charge is 0.347 e. The first-order valence-electron chi connectivity index (χ1n) is 8.52. The van der Waals surface area contributed by atoms with Gasteiger partial charge in [0.05, 0.1) is 5.71 Å². The molecule has 0 fully saturated rings. The van der Waals surface area contributed by atoms with Gasteiger partial charge in [-0.3, -0.25) is 4.79 Å². The predicted molar refractivity (Wildman–Crippen MR) is 99.9 cm³/mol. The van der Waals surface area contributed by atoms with Crippen LogP contribution in [0.15, 0.2) is 5.16 Å². The van der Waals surface area contributed by atoms with Crippen LogP contribution >= 0.6 is 15.9 Å². The van der Waals surface area contributed by atoms with Gasteiger partial charge in [0, 0.05) is 0 Å². The van der Waals surface area contributed by atoms with Crippen molar-refractivity contribution in [2.45, 2.75) is 90.0 Å². The fraction of sp³-hybridized carbons (Fsp3) is 0.824. The van der Waals surface area contributed by atoms with Gasteiger partial charge in [-0.25, -0.2) is 4.79 Å². The Balaban J connectivity index is 0. The summed E-state index contributed by atoms with van der Waals surface area (Å²) in [5, 5.41) is 20.6. The molecule has 2 atom stereocenters. The van der Waals surface area contributed by atoms with Gasteiger partial charge in [0.2, 0.25) is 6.10 Å². The monoisotopic (exact) mass is 409 g/mol. The molecule has 0 amide bonds. The molecule has 0 spiro atoms. The number of alkyl halides is 1. The number of hydrogen-bond donors (Lipinski definition) is 2. The zero-order valence-electron chi connectivity index (χ0n) is 15.3. The second-order valence-corrected chi connectivity index (χ2v) is 6.85. The van der Waals surface area contributed by atoms with Crippen LogP contribution in [0.5, 0.6) is 0 Å². The quantitative estimate of drug-likeness (QED) is 0.208. The van der Waals surface area contributed by atoms with E-state index in [1.165, 1.54) is 25.7 Å². The second-order valence-electron chi connectivity index (χ2n) is 5.74. The van der Waals surface area contributed by atoms with Crippen LogP contribution in [0.1, 0.15) is 79.1 Å². The zero-order chi connectivity index (χ0) is 19.0. The highest BCUT2D eigenvalue weighted by Gasteiger charge is 2.15. The van der Waals surface area contributed by atoms with Gasteiger partial charge in [0.1, 0.15) is 4.83 Å². The van der Waals surface area contributed by atoms with Gasteiger partial charge in [-0.05, 0) is 26.7 Å². The maximum Gasteiger partial charge on any atom is 0.347 e. The van der Waals surface area contributed by atoms with Crippen LogP contribution in [0, 0.1) is 0 Å². The van der Waals surface area contributed by atoms with Crippen molar-refractivity contribution in [3.63, 3.8) is 0 Å². The van der Waals surface area contributed by atoms with E-state index in [-0.39, 0.29) is 4.83 Å². The maximum atomic E-state index is 10.4. The van der Waals surface area contributed by atoms with E-state index in [0.29, 0.717) is 12.1 Å². The summed E-state index contributed by atoms with van der Waals surface area (Å²) in [7, 11) is 0. The lowest BCUT2D eigenvalue weighted by Crippen LogP contribution is -2.20.